The highest BCUT2D eigenvalue weighted by Crippen LogP contribution is 2.35. The van der Waals surface area contributed by atoms with Crippen molar-refractivity contribution < 1.29 is 14.3 Å². The van der Waals surface area contributed by atoms with Gasteiger partial charge < -0.3 is 15.2 Å². The van der Waals surface area contributed by atoms with Crippen molar-refractivity contribution in [2.45, 2.75) is 31.7 Å². The fourth-order valence-corrected chi connectivity index (χ4v) is 2.48. The van der Waals surface area contributed by atoms with Crippen LogP contribution in [0.25, 0.3) is 0 Å². The van der Waals surface area contributed by atoms with Gasteiger partial charge in [-0.25, -0.2) is 0 Å². The summed E-state index contributed by atoms with van der Waals surface area (Å²) < 4.78 is 11.3. The summed E-state index contributed by atoms with van der Waals surface area (Å²) in [6.07, 6.45) is 3.31. The smallest absolute Gasteiger partial charge is 0.242 e. The van der Waals surface area contributed by atoms with E-state index in [-0.39, 0.29) is 5.91 Å². The minimum absolute atomic E-state index is 0.377. The molecule has 114 valence electrons. The normalized spacial score (nSPS) is 20.4. The molecule has 5 heteroatoms. The van der Waals surface area contributed by atoms with Gasteiger partial charge in [0, 0.05) is 6.42 Å². The molecule has 5 nitrogen and oxygen atoms in total. The number of hydrogen-bond acceptors (Lipinski definition) is 4. The Labute approximate surface area is 124 Å². The number of benzene rings is 1. The Bertz CT molecular complexity index is 542. The molecule has 1 aromatic rings. The zero-order chi connectivity index (χ0) is 14.9. The Morgan fingerprint density at radius 1 is 1.33 bits per heavy atom. The largest absolute Gasteiger partial charge is 0.490 e. The Morgan fingerprint density at radius 3 is 2.71 bits per heavy atom. The van der Waals surface area contributed by atoms with Gasteiger partial charge in [-0.1, -0.05) is 6.07 Å². The Kier molecular flexibility index (Phi) is 3.76. The van der Waals surface area contributed by atoms with E-state index >= 15 is 0 Å². The first-order chi connectivity index (χ1) is 10.1. The fourth-order valence-electron chi connectivity index (χ4n) is 2.48. The molecule has 3 rings (SSSR count). The van der Waals surface area contributed by atoms with Crippen molar-refractivity contribution >= 4 is 5.91 Å². The van der Waals surface area contributed by atoms with Crippen molar-refractivity contribution in [3.05, 3.63) is 23.8 Å². The summed E-state index contributed by atoms with van der Waals surface area (Å²) in [5, 5.41) is 3.33. The van der Waals surface area contributed by atoms with Crippen LogP contribution in [0.5, 0.6) is 11.5 Å². The molecule has 0 bridgehead atoms. The topological polar surface area (TPSA) is 73.6 Å². The van der Waals surface area contributed by atoms with E-state index in [1.807, 2.05) is 25.1 Å². The van der Waals surface area contributed by atoms with Crippen molar-refractivity contribution in [3.8, 4) is 11.5 Å². The van der Waals surface area contributed by atoms with Crippen LogP contribution >= 0.6 is 0 Å². The van der Waals surface area contributed by atoms with Crippen molar-refractivity contribution in [2.24, 2.45) is 11.7 Å². The van der Waals surface area contributed by atoms with Crippen LogP contribution in [0.1, 0.15) is 31.7 Å². The molecule has 3 N–H and O–H groups in total. The monoisotopic (exact) mass is 290 g/mol. The van der Waals surface area contributed by atoms with Gasteiger partial charge in [-0.3, -0.25) is 10.1 Å². The molecule has 0 saturated heterocycles. The van der Waals surface area contributed by atoms with Gasteiger partial charge in [0.05, 0.1) is 13.2 Å². The second kappa shape index (κ2) is 5.56. The molecule has 1 saturated carbocycles. The van der Waals surface area contributed by atoms with Crippen molar-refractivity contribution in [1.29, 1.82) is 0 Å². The van der Waals surface area contributed by atoms with E-state index in [0.29, 0.717) is 24.9 Å². The fraction of sp³-hybridized carbons (Fsp3) is 0.562. The van der Waals surface area contributed by atoms with Crippen molar-refractivity contribution in [2.75, 3.05) is 19.8 Å². The van der Waals surface area contributed by atoms with Gasteiger partial charge in [-0.05, 0) is 49.9 Å². The number of carbonyl (C=O) groups is 1. The molecule has 1 aliphatic carbocycles. The van der Waals surface area contributed by atoms with Gasteiger partial charge in [0.15, 0.2) is 11.5 Å². The molecule has 1 aromatic carbocycles. The molecule has 0 spiro atoms. The second-order valence-electron chi connectivity index (χ2n) is 6.03. The van der Waals surface area contributed by atoms with E-state index in [2.05, 4.69) is 5.32 Å². The molecular formula is C16H22N2O3. The minimum Gasteiger partial charge on any atom is -0.490 e. The molecule has 1 heterocycles. The van der Waals surface area contributed by atoms with Crippen molar-refractivity contribution in [1.82, 2.24) is 5.32 Å². The summed E-state index contributed by atoms with van der Waals surface area (Å²) in [7, 11) is 0. The van der Waals surface area contributed by atoms with Crippen LogP contribution < -0.4 is 20.5 Å². The predicted molar refractivity (Wildman–Crippen MR) is 79.3 cm³/mol. The maximum Gasteiger partial charge on any atom is 0.242 e. The van der Waals surface area contributed by atoms with Crippen LogP contribution in [0.3, 0.4) is 0 Å². The standard InChI is InChI=1S/C16H22N2O3/c1-16(15(17)19,18-10-11-3-4-11)12-5-6-13-14(9-12)21-8-2-7-20-13/h5-6,9,11,18H,2-4,7-8,10H2,1H3,(H2,17,19). The molecule has 21 heavy (non-hydrogen) atoms. The molecule has 1 amide bonds. The highest BCUT2D eigenvalue weighted by atomic mass is 16.5. The highest BCUT2D eigenvalue weighted by molar-refractivity contribution is 5.86. The first-order valence-electron chi connectivity index (χ1n) is 7.54. The summed E-state index contributed by atoms with van der Waals surface area (Å²) >= 11 is 0. The summed E-state index contributed by atoms with van der Waals surface area (Å²) in [5.74, 6) is 1.71. The third-order valence-electron chi connectivity index (χ3n) is 4.26. The van der Waals surface area contributed by atoms with Crippen LogP contribution in [-0.4, -0.2) is 25.7 Å². The molecule has 1 atom stereocenters. The first kappa shape index (κ1) is 14.2. The van der Waals surface area contributed by atoms with Crippen LogP contribution in [0.15, 0.2) is 18.2 Å². The van der Waals surface area contributed by atoms with Gasteiger partial charge in [-0.15, -0.1) is 0 Å². The first-order valence-corrected chi connectivity index (χ1v) is 7.54. The lowest BCUT2D eigenvalue weighted by molar-refractivity contribution is -0.124. The molecule has 0 radical (unpaired) electrons. The van der Waals surface area contributed by atoms with Crippen LogP contribution in [0.4, 0.5) is 0 Å². The zero-order valence-electron chi connectivity index (χ0n) is 12.4. The second-order valence-corrected chi connectivity index (χ2v) is 6.03. The Balaban J connectivity index is 1.87. The van der Waals surface area contributed by atoms with Gasteiger partial charge >= 0.3 is 0 Å². The van der Waals surface area contributed by atoms with E-state index in [4.69, 9.17) is 15.2 Å². The molecule has 1 unspecified atom stereocenters. The highest BCUT2D eigenvalue weighted by Gasteiger charge is 2.35. The summed E-state index contributed by atoms with van der Waals surface area (Å²) in [6.45, 7) is 3.92. The number of fused-ring (bicyclic) bond motifs is 1. The van der Waals surface area contributed by atoms with Gasteiger partial charge in [0.2, 0.25) is 5.91 Å². The van der Waals surface area contributed by atoms with Gasteiger partial charge in [-0.2, -0.15) is 0 Å². The maximum absolute atomic E-state index is 12.0. The zero-order valence-corrected chi connectivity index (χ0v) is 12.4. The number of hydrogen-bond donors (Lipinski definition) is 2. The Morgan fingerprint density at radius 2 is 2.05 bits per heavy atom. The average molecular weight is 290 g/mol. The quantitative estimate of drug-likeness (QED) is 0.863. The summed E-state index contributed by atoms with van der Waals surface area (Å²) in [6, 6.07) is 5.61. The molecular weight excluding hydrogens is 268 g/mol. The number of primary amides is 1. The molecule has 0 aromatic heterocycles. The van der Waals surface area contributed by atoms with E-state index in [1.54, 1.807) is 0 Å². The maximum atomic E-state index is 12.0. The SMILES string of the molecule is CC(NCC1CC1)(C(N)=O)c1ccc2c(c1)OCCCO2. The number of nitrogens with one attached hydrogen (secondary N) is 1. The van der Waals surface area contributed by atoms with Gasteiger partial charge in [0.1, 0.15) is 5.54 Å². The molecule has 1 fully saturated rings. The van der Waals surface area contributed by atoms with Crippen LogP contribution in [-0.2, 0) is 10.3 Å². The third-order valence-corrected chi connectivity index (χ3v) is 4.26. The minimum atomic E-state index is -0.882. The Hall–Kier alpha value is -1.75. The average Bonchev–Trinajstić information content (AvgIpc) is 3.30. The molecule has 1 aliphatic heterocycles. The molecule has 2 aliphatic rings. The van der Waals surface area contributed by atoms with E-state index in [9.17, 15) is 4.79 Å². The number of ether oxygens (including phenoxy) is 2. The summed E-state index contributed by atoms with van der Waals surface area (Å²) in [4.78, 5) is 12.0. The number of nitrogens with two attached hydrogens (primary N) is 1. The van der Waals surface area contributed by atoms with Crippen LogP contribution in [0, 0.1) is 5.92 Å². The lowest BCUT2D eigenvalue weighted by atomic mass is 9.90. The lowest BCUT2D eigenvalue weighted by Crippen LogP contribution is -2.51. The van der Waals surface area contributed by atoms with Crippen LogP contribution in [0.2, 0.25) is 0 Å². The summed E-state index contributed by atoms with van der Waals surface area (Å²) in [5.41, 5.74) is 5.58. The lowest BCUT2D eigenvalue weighted by Gasteiger charge is -2.28. The number of amides is 1. The predicted octanol–water partition coefficient (Wildman–Crippen LogP) is 1.55. The number of rotatable bonds is 5. The number of carbonyl (C=O) groups excluding carboxylic acids is 1. The van der Waals surface area contributed by atoms with Gasteiger partial charge in [0.25, 0.3) is 0 Å². The van der Waals surface area contributed by atoms with E-state index < -0.39 is 5.54 Å². The van der Waals surface area contributed by atoms with E-state index in [1.165, 1.54) is 12.8 Å². The third kappa shape index (κ3) is 2.97. The van der Waals surface area contributed by atoms with E-state index in [0.717, 1.165) is 24.3 Å². The van der Waals surface area contributed by atoms with Crippen molar-refractivity contribution in [3.63, 3.8) is 0 Å².